The number of hydrogen-bond acceptors (Lipinski definition) is 7. The fourth-order valence-electron chi connectivity index (χ4n) is 3.63. The minimum absolute atomic E-state index is 0.0155. The van der Waals surface area contributed by atoms with Crippen LogP contribution < -0.4 is 10.3 Å². The Morgan fingerprint density at radius 2 is 1.86 bits per heavy atom. The largest absolute Gasteiger partial charge is 0.439 e. The lowest BCUT2D eigenvalue weighted by molar-refractivity contribution is 0.513. The Morgan fingerprint density at radius 3 is 2.64 bits per heavy atom. The average molecular weight is 393 g/mol. The minimum atomic E-state index is 0.0155. The molecule has 0 unspecified atom stereocenters. The van der Waals surface area contributed by atoms with Crippen LogP contribution in [0.2, 0.25) is 0 Å². The van der Waals surface area contributed by atoms with E-state index in [9.17, 15) is 4.79 Å². The van der Waals surface area contributed by atoms with E-state index in [0.29, 0.717) is 27.9 Å². The van der Waals surface area contributed by atoms with Crippen molar-refractivity contribution in [3.05, 3.63) is 51.8 Å². The summed E-state index contributed by atoms with van der Waals surface area (Å²) in [7, 11) is 0. The molecule has 0 bridgehead atoms. The zero-order chi connectivity index (χ0) is 19.1. The smallest absolute Gasteiger partial charge is 0.247 e. The highest BCUT2D eigenvalue weighted by Crippen LogP contribution is 2.36. The van der Waals surface area contributed by atoms with Crippen molar-refractivity contribution < 1.29 is 8.83 Å². The van der Waals surface area contributed by atoms with E-state index in [1.54, 1.807) is 13.0 Å². The highest BCUT2D eigenvalue weighted by atomic mass is 32.1. The van der Waals surface area contributed by atoms with E-state index >= 15 is 0 Å². The van der Waals surface area contributed by atoms with E-state index in [2.05, 4.69) is 15.1 Å². The van der Waals surface area contributed by atoms with Crippen LogP contribution in [0.3, 0.4) is 0 Å². The second-order valence-corrected chi connectivity index (χ2v) is 7.89. The summed E-state index contributed by atoms with van der Waals surface area (Å²) in [5.74, 6) is 1.67. The van der Waals surface area contributed by atoms with Crippen LogP contribution in [0.1, 0.15) is 25.2 Å². The molecule has 3 aromatic heterocycles. The number of rotatable bonds is 3. The number of fused-ring (bicyclic) bond motifs is 1. The van der Waals surface area contributed by atoms with Crippen LogP contribution in [0.4, 0.5) is 5.88 Å². The quantitative estimate of drug-likeness (QED) is 0.494. The van der Waals surface area contributed by atoms with Gasteiger partial charge in [0.05, 0.1) is 0 Å². The molecule has 1 saturated heterocycles. The normalized spacial score (nSPS) is 14.7. The van der Waals surface area contributed by atoms with Gasteiger partial charge in [-0.05, 0) is 37.0 Å². The number of anilines is 1. The molecule has 0 N–H and O–H groups in total. The van der Waals surface area contributed by atoms with Gasteiger partial charge in [0, 0.05) is 42.6 Å². The summed E-state index contributed by atoms with van der Waals surface area (Å²) < 4.78 is 12.4. The van der Waals surface area contributed by atoms with Gasteiger partial charge < -0.3 is 13.7 Å². The third-order valence-electron chi connectivity index (χ3n) is 5.04. The predicted octanol–water partition coefficient (Wildman–Crippen LogP) is 4.87. The van der Waals surface area contributed by atoms with Crippen molar-refractivity contribution in [1.29, 1.82) is 0 Å². The SMILES string of the molecule is Cc1nnc(-c2cccc(-c3csc4c(=O)cc(N5CCCCC5)oc34)c2)o1. The molecule has 0 saturated carbocycles. The first kappa shape index (κ1) is 17.2. The van der Waals surface area contributed by atoms with Crippen molar-refractivity contribution in [2.24, 2.45) is 0 Å². The van der Waals surface area contributed by atoms with Crippen molar-refractivity contribution in [2.45, 2.75) is 26.2 Å². The fourth-order valence-corrected chi connectivity index (χ4v) is 4.55. The monoisotopic (exact) mass is 393 g/mol. The molecule has 0 radical (unpaired) electrons. The molecule has 142 valence electrons. The number of aromatic nitrogens is 2. The van der Waals surface area contributed by atoms with Crippen LogP contribution >= 0.6 is 11.3 Å². The summed E-state index contributed by atoms with van der Waals surface area (Å²) in [6.45, 7) is 3.63. The molecule has 4 aromatic rings. The molecule has 0 atom stereocenters. The van der Waals surface area contributed by atoms with Crippen molar-refractivity contribution in [2.75, 3.05) is 18.0 Å². The molecular formula is C21H19N3O3S. The Balaban J connectivity index is 1.61. The van der Waals surface area contributed by atoms with Gasteiger partial charge in [-0.15, -0.1) is 21.5 Å². The zero-order valence-electron chi connectivity index (χ0n) is 15.5. The molecule has 0 spiro atoms. The number of aryl methyl sites for hydroxylation is 1. The maximum atomic E-state index is 12.7. The molecule has 5 rings (SSSR count). The second-order valence-electron chi connectivity index (χ2n) is 7.01. The average Bonchev–Trinajstić information content (AvgIpc) is 3.35. The molecule has 1 aromatic carbocycles. The van der Waals surface area contributed by atoms with Gasteiger partial charge >= 0.3 is 0 Å². The molecule has 6 nitrogen and oxygen atoms in total. The van der Waals surface area contributed by atoms with E-state index in [1.165, 1.54) is 17.8 Å². The van der Waals surface area contributed by atoms with Crippen LogP contribution in [0.5, 0.6) is 0 Å². The summed E-state index contributed by atoms with van der Waals surface area (Å²) in [6, 6.07) is 9.50. The van der Waals surface area contributed by atoms with Gasteiger partial charge in [0.15, 0.2) is 11.5 Å². The van der Waals surface area contributed by atoms with Gasteiger partial charge in [0.25, 0.3) is 0 Å². The first-order chi connectivity index (χ1) is 13.7. The van der Waals surface area contributed by atoms with E-state index in [1.807, 2.05) is 29.6 Å². The Labute approximate surface area is 165 Å². The first-order valence-corrected chi connectivity index (χ1v) is 10.3. The van der Waals surface area contributed by atoms with Crippen LogP contribution in [0.25, 0.3) is 32.9 Å². The topological polar surface area (TPSA) is 72.4 Å². The lowest BCUT2D eigenvalue weighted by atomic mass is 10.0. The third kappa shape index (κ3) is 3.01. The standard InChI is InChI=1S/C21H19N3O3S/c1-13-22-23-21(26-13)15-7-5-6-14(10-15)16-12-28-20-17(25)11-18(27-19(16)20)24-8-3-2-4-9-24/h5-7,10-12H,2-4,8-9H2,1H3. The van der Waals surface area contributed by atoms with Gasteiger partial charge in [-0.3, -0.25) is 4.79 Å². The van der Waals surface area contributed by atoms with Crippen molar-refractivity contribution in [3.63, 3.8) is 0 Å². The van der Waals surface area contributed by atoms with Crippen molar-refractivity contribution in [1.82, 2.24) is 10.2 Å². The number of thiophene rings is 1. The molecule has 1 aliphatic rings. The van der Waals surface area contributed by atoms with Gasteiger partial charge in [0.1, 0.15) is 4.70 Å². The van der Waals surface area contributed by atoms with Crippen LogP contribution in [-0.4, -0.2) is 23.3 Å². The number of hydrogen-bond donors (Lipinski definition) is 0. The summed E-state index contributed by atoms with van der Waals surface area (Å²) in [6.07, 6.45) is 3.49. The molecule has 0 amide bonds. The minimum Gasteiger partial charge on any atom is -0.439 e. The van der Waals surface area contributed by atoms with Gasteiger partial charge in [-0.2, -0.15) is 0 Å². The van der Waals surface area contributed by atoms with Crippen LogP contribution in [0, 0.1) is 6.92 Å². The summed E-state index contributed by atoms with van der Waals surface area (Å²) >= 11 is 1.42. The highest BCUT2D eigenvalue weighted by molar-refractivity contribution is 7.17. The van der Waals surface area contributed by atoms with Gasteiger partial charge in [-0.1, -0.05) is 12.1 Å². The Bertz CT molecular complexity index is 1200. The van der Waals surface area contributed by atoms with Crippen molar-refractivity contribution >= 4 is 27.5 Å². The predicted molar refractivity (Wildman–Crippen MR) is 110 cm³/mol. The molecule has 4 heterocycles. The second kappa shape index (κ2) is 6.91. The maximum Gasteiger partial charge on any atom is 0.247 e. The maximum absolute atomic E-state index is 12.7. The highest BCUT2D eigenvalue weighted by Gasteiger charge is 2.19. The number of piperidine rings is 1. The summed E-state index contributed by atoms with van der Waals surface area (Å²) in [4.78, 5) is 14.8. The van der Waals surface area contributed by atoms with E-state index in [-0.39, 0.29) is 5.43 Å². The van der Waals surface area contributed by atoms with E-state index < -0.39 is 0 Å². The lowest BCUT2D eigenvalue weighted by Gasteiger charge is -2.26. The molecule has 7 heteroatoms. The Hall–Kier alpha value is -2.93. The molecule has 28 heavy (non-hydrogen) atoms. The molecule has 1 aliphatic heterocycles. The lowest BCUT2D eigenvalue weighted by Crippen LogP contribution is -2.29. The van der Waals surface area contributed by atoms with Crippen LogP contribution in [-0.2, 0) is 0 Å². The van der Waals surface area contributed by atoms with E-state index in [0.717, 1.165) is 42.6 Å². The molecule has 1 fully saturated rings. The zero-order valence-corrected chi connectivity index (χ0v) is 16.3. The van der Waals surface area contributed by atoms with Crippen LogP contribution in [0.15, 0.2) is 49.3 Å². The first-order valence-electron chi connectivity index (χ1n) is 9.40. The van der Waals surface area contributed by atoms with Crippen molar-refractivity contribution in [3.8, 4) is 22.6 Å². The molecule has 0 aliphatic carbocycles. The third-order valence-corrected chi connectivity index (χ3v) is 6.02. The number of benzene rings is 1. The Morgan fingerprint density at radius 1 is 1.04 bits per heavy atom. The molecular weight excluding hydrogens is 374 g/mol. The number of nitrogens with zero attached hydrogens (tertiary/aromatic N) is 3. The Kier molecular flexibility index (Phi) is 4.24. The summed E-state index contributed by atoms with van der Waals surface area (Å²) in [5, 5.41) is 9.98. The summed E-state index contributed by atoms with van der Waals surface area (Å²) in [5.41, 5.74) is 3.37. The fraction of sp³-hybridized carbons (Fsp3) is 0.286. The van der Waals surface area contributed by atoms with Gasteiger partial charge in [0.2, 0.25) is 17.2 Å². The van der Waals surface area contributed by atoms with E-state index in [4.69, 9.17) is 8.83 Å². The van der Waals surface area contributed by atoms with Gasteiger partial charge in [-0.25, -0.2) is 0 Å².